The Morgan fingerprint density at radius 3 is 2.56 bits per heavy atom. The summed E-state index contributed by atoms with van der Waals surface area (Å²) in [5.41, 5.74) is 2.42. The SMILES string of the molecule is Cc1sc2nc(CN3CCCCC3)nc(NC(c3ccccc3)c3nccn3C)c2c1C. The zero-order valence-corrected chi connectivity index (χ0v) is 19.8. The number of rotatable bonds is 6. The minimum Gasteiger partial charge on any atom is -0.356 e. The molecule has 6 nitrogen and oxygen atoms in total. The number of anilines is 1. The molecule has 1 atom stereocenters. The van der Waals surface area contributed by atoms with E-state index in [1.807, 2.05) is 25.5 Å². The van der Waals surface area contributed by atoms with E-state index in [4.69, 9.17) is 9.97 Å². The highest BCUT2D eigenvalue weighted by atomic mass is 32.1. The maximum absolute atomic E-state index is 5.08. The molecular weight excluding hydrogens is 416 g/mol. The summed E-state index contributed by atoms with van der Waals surface area (Å²) in [7, 11) is 2.04. The van der Waals surface area contributed by atoms with Crippen molar-refractivity contribution < 1.29 is 0 Å². The van der Waals surface area contributed by atoms with Crippen molar-refractivity contribution in [3.63, 3.8) is 0 Å². The third-order valence-electron chi connectivity index (χ3n) is 6.42. The first-order valence-corrected chi connectivity index (χ1v) is 12.2. The largest absolute Gasteiger partial charge is 0.356 e. The fourth-order valence-corrected chi connectivity index (χ4v) is 5.57. The molecule has 5 rings (SSSR count). The van der Waals surface area contributed by atoms with Crippen LogP contribution in [0.5, 0.6) is 0 Å². The van der Waals surface area contributed by atoms with Crippen molar-refractivity contribution in [3.05, 3.63) is 70.4 Å². The van der Waals surface area contributed by atoms with Gasteiger partial charge in [0, 0.05) is 24.3 Å². The first-order chi connectivity index (χ1) is 15.6. The number of benzene rings is 1. The average molecular weight is 447 g/mol. The van der Waals surface area contributed by atoms with Gasteiger partial charge in [-0.1, -0.05) is 36.8 Å². The van der Waals surface area contributed by atoms with Crippen molar-refractivity contribution in [3.8, 4) is 0 Å². The highest BCUT2D eigenvalue weighted by molar-refractivity contribution is 7.18. The van der Waals surface area contributed by atoms with Gasteiger partial charge in [-0.3, -0.25) is 4.90 Å². The predicted molar refractivity (Wildman–Crippen MR) is 131 cm³/mol. The number of thiophene rings is 1. The van der Waals surface area contributed by atoms with Crippen LogP contribution in [0, 0.1) is 13.8 Å². The Morgan fingerprint density at radius 1 is 1.06 bits per heavy atom. The van der Waals surface area contributed by atoms with Crippen LogP contribution in [-0.2, 0) is 13.6 Å². The summed E-state index contributed by atoms with van der Waals surface area (Å²) in [5, 5.41) is 4.90. The Bertz CT molecular complexity index is 1210. The normalized spacial score (nSPS) is 15.8. The third-order valence-corrected chi connectivity index (χ3v) is 7.52. The molecule has 0 saturated carbocycles. The number of hydrogen-bond donors (Lipinski definition) is 1. The smallest absolute Gasteiger partial charge is 0.146 e. The van der Waals surface area contributed by atoms with Gasteiger partial charge < -0.3 is 9.88 Å². The standard InChI is InChI=1S/C25H30N6S/c1-17-18(2)32-25-21(17)23(27-20(28-25)16-31-13-8-5-9-14-31)29-22(19-10-6-4-7-11-19)24-26-12-15-30(24)3/h4,6-7,10-12,15,22H,5,8-9,13-14,16H2,1-3H3,(H,27,28,29). The second-order valence-corrected chi connectivity index (χ2v) is 9.88. The molecule has 3 aromatic heterocycles. The summed E-state index contributed by atoms with van der Waals surface area (Å²) < 4.78 is 2.07. The van der Waals surface area contributed by atoms with Crippen LogP contribution >= 0.6 is 11.3 Å². The van der Waals surface area contributed by atoms with Gasteiger partial charge in [0.2, 0.25) is 0 Å². The quantitative estimate of drug-likeness (QED) is 0.439. The maximum atomic E-state index is 5.08. The fourth-order valence-electron chi connectivity index (χ4n) is 4.52. The molecule has 0 bridgehead atoms. The topological polar surface area (TPSA) is 58.9 Å². The van der Waals surface area contributed by atoms with Crippen molar-refractivity contribution in [1.82, 2.24) is 24.4 Å². The molecule has 1 unspecified atom stereocenters. The molecule has 1 aliphatic heterocycles. The highest BCUT2D eigenvalue weighted by Crippen LogP contribution is 2.36. The molecule has 0 radical (unpaired) electrons. The number of aromatic nitrogens is 4. The van der Waals surface area contributed by atoms with E-state index >= 15 is 0 Å². The zero-order chi connectivity index (χ0) is 22.1. The molecule has 1 saturated heterocycles. The molecule has 4 heterocycles. The fraction of sp³-hybridized carbons (Fsp3) is 0.400. The van der Waals surface area contributed by atoms with Crippen LogP contribution in [0.4, 0.5) is 5.82 Å². The number of hydrogen-bond acceptors (Lipinski definition) is 6. The number of fused-ring (bicyclic) bond motifs is 1. The van der Waals surface area contributed by atoms with Crippen molar-refractivity contribution in [2.45, 2.75) is 45.7 Å². The molecule has 7 heteroatoms. The van der Waals surface area contributed by atoms with E-state index in [-0.39, 0.29) is 6.04 Å². The number of likely N-dealkylation sites (tertiary alicyclic amines) is 1. The van der Waals surface area contributed by atoms with E-state index in [1.165, 1.54) is 29.7 Å². The van der Waals surface area contributed by atoms with Crippen molar-refractivity contribution in [2.24, 2.45) is 7.05 Å². The van der Waals surface area contributed by atoms with Gasteiger partial charge in [0.05, 0.1) is 11.9 Å². The lowest BCUT2D eigenvalue weighted by Gasteiger charge is -2.26. The van der Waals surface area contributed by atoms with Crippen LogP contribution in [0.3, 0.4) is 0 Å². The Hall–Kier alpha value is -2.77. The van der Waals surface area contributed by atoms with Crippen LogP contribution in [0.25, 0.3) is 10.2 Å². The van der Waals surface area contributed by atoms with Crippen LogP contribution < -0.4 is 5.32 Å². The summed E-state index contributed by atoms with van der Waals surface area (Å²) in [6, 6.07) is 10.4. The van der Waals surface area contributed by atoms with Crippen LogP contribution in [0.2, 0.25) is 0 Å². The second kappa shape index (κ2) is 9.00. The molecule has 32 heavy (non-hydrogen) atoms. The summed E-state index contributed by atoms with van der Waals surface area (Å²) in [6.07, 6.45) is 7.70. The Balaban J connectivity index is 1.58. The highest BCUT2D eigenvalue weighted by Gasteiger charge is 2.23. The van der Waals surface area contributed by atoms with Crippen molar-refractivity contribution >= 4 is 27.4 Å². The zero-order valence-electron chi connectivity index (χ0n) is 19.0. The first-order valence-electron chi connectivity index (χ1n) is 11.4. The van der Waals surface area contributed by atoms with E-state index < -0.39 is 0 Å². The van der Waals surface area contributed by atoms with E-state index in [9.17, 15) is 0 Å². The molecule has 1 N–H and O–H groups in total. The average Bonchev–Trinajstić information content (AvgIpc) is 3.35. The molecule has 0 aliphatic carbocycles. The lowest BCUT2D eigenvalue weighted by atomic mass is 10.1. The van der Waals surface area contributed by atoms with Crippen molar-refractivity contribution in [1.29, 1.82) is 0 Å². The summed E-state index contributed by atoms with van der Waals surface area (Å²) >= 11 is 1.76. The molecule has 0 amide bonds. The molecule has 4 aromatic rings. The van der Waals surface area contributed by atoms with Gasteiger partial charge in [-0.2, -0.15) is 0 Å². The Morgan fingerprint density at radius 2 is 1.84 bits per heavy atom. The van der Waals surface area contributed by atoms with Gasteiger partial charge in [-0.15, -0.1) is 11.3 Å². The molecule has 0 spiro atoms. The third kappa shape index (κ3) is 4.14. The Kier molecular flexibility index (Phi) is 5.93. The molecule has 1 aliphatic rings. The molecule has 1 fully saturated rings. The molecule has 1 aromatic carbocycles. The van der Waals surface area contributed by atoms with Crippen LogP contribution in [0.1, 0.15) is 53.0 Å². The minimum atomic E-state index is -0.100. The van der Waals surface area contributed by atoms with Gasteiger partial charge in [-0.05, 0) is 50.9 Å². The summed E-state index contributed by atoms with van der Waals surface area (Å²) in [5.74, 6) is 2.76. The minimum absolute atomic E-state index is 0.100. The monoisotopic (exact) mass is 446 g/mol. The van der Waals surface area contributed by atoms with E-state index in [1.54, 1.807) is 11.3 Å². The number of imidazole rings is 1. The molecule has 166 valence electrons. The van der Waals surface area contributed by atoms with Gasteiger partial charge in [0.25, 0.3) is 0 Å². The predicted octanol–water partition coefficient (Wildman–Crippen LogP) is 5.23. The number of nitrogens with zero attached hydrogens (tertiary/aromatic N) is 5. The lowest BCUT2D eigenvalue weighted by Crippen LogP contribution is -2.30. The van der Waals surface area contributed by atoms with E-state index in [0.29, 0.717) is 0 Å². The van der Waals surface area contributed by atoms with Crippen LogP contribution in [0.15, 0.2) is 42.7 Å². The van der Waals surface area contributed by atoms with E-state index in [2.05, 4.69) is 57.9 Å². The van der Waals surface area contributed by atoms with Crippen molar-refractivity contribution in [2.75, 3.05) is 18.4 Å². The Labute approximate surface area is 193 Å². The second-order valence-electron chi connectivity index (χ2n) is 8.67. The lowest BCUT2D eigenvalue weighted by molar-refractivity contribution is 0.216. The van der Waals surface area contributed by atoms with Gasteiger partial charge >= 0.3 is 0 Å². The van der Waals surface area contributed by atoms with Gasteiger partial charge in [-0.25, -0.2) is 15.0 Å². The van der Waals surface area contributed by atoms with Gasteiger partial charge in [0.15, 0.2) is 0 Å². The molecular formula is C25H30N6S. The summed E-state index contributed by atoms with van der Waals surface area (Å²) in [6.45, 7) is 7.41. The summed E-state index contributed by atoms with van der Waals surface area (Å²) in [4.78, 5) is 19.6. The number of nitrogens with one attached hydrogen (secondary N) is 1. The number of aryl methyl sites for hydroxylation is 3. The first kappa shape index (κ1) is 21.1. The van der Waals surface area contributed by atoms with Gasteiger partial charge in [0.1, 0.15) is 28.3 Å². The van der Waals surface area contributed by atoms with E-state index in [0.717, 1.165) is 52.9 Å². The number of piperidine rings is 1. The maximum Gasteiger partial charge on any atom is 0.146 e. The van der Waals surface area contributed by atoms with Crippen LogP contribution in [-0.4, -0.2) is 37.5 Å².